The van der Waals surface area contributed by atoms with Crippen LogP contribution in [0.25, 0.3) is 0 Å². The van der Waals surface area contributed by atoms with E-state index in [1.54, 1.807) is 0 Å². The fourth-order valence-corrected chi connectivity index (χ4v) is 2.64. The molecule has 0 aliphatic heterocycles. The number of ether oxygens (including phenoxy) is 1. The van der Waals surface area contributed by atoms with E-state index in [2.05, 4.69) is 11.3 Å². The number of carbonyl (C=O) groups is 1. The third kappa shape index (κ3) is 6.45. The summed E-state index contributed by atoms with van der Waals surface area (Å²) in [6.45, 7) is 11.4. The van der Waals surface area contributed by atoms with E-state index in [1.807, 2.05) is 33.8 Å². The standard InChI is InChI=1S/C14H27NO3S/c1-7-9-10-14(8-2,11-12(16)18-6)15-19(17)13(3,4)5/h7,15H,1,8-11H2,2-6H3/t14?,19-/m1/s1. The van der Waals surface area contributed by atoms with Gasteiger partial charge in [-0.05, 0) is 40.0 Å². The molecular weight excluding hydrogens is 262 g/mol. The lowest BCUT2D eigenvalue weighted by Gasteiger charge is -2.36. The van der Waals surface area contributed by atoms with Crippen molar-refractivity contribution in [1.82, 2.24) is 4.72 Å². The zero-order valence-electron chi connectivity index (χ0n) is 12.7. The molecule has 0 radical (unpaired) electrons. The third-order valence-electron chi connectivity index (χ3n) is 3.08. The van der Waals surface area contributed by atoms with E-state index in [4.69, 9.17) is 4.74 Å². The maximum absolute atomic E-state index is 12.3. The summed E-state index contributed by atoms with van der Waals surface area (Å²) in [6, 6.07) is 0. The molecule has 0 fully saturated rings. The van der Waals surface area contributed by atoms with Crippen LogP contribution in [0.3, 0.4) is 0 Å². The number of allylic oxidation sites excluding steroid dienone is 1. The van der Waals surface area contributed by atoms with E-state index in [9.17, 15) is 9.35 Å². The average molecular weight is 289 g/mol. The Bertz CT molecular complexity index is 302. The van der Waals surface area contributed by atoms with E-state index >= 15 is 0 Å². The van der Waals surface area contributed by atoms with Crippen molar-refractivity contribution < 1.29 is 14.1 Å². The molecule has 2 atom stereocenters. The Morgan fingerprint density at radius 1 is 1.47 bits per heavy atom. The first-order chi connectivity index (χ1) is 8.70. The number of hydrogen-bond acceptors (Lipinski definition) is 4. The quantitative estimate of drug-likeness (QED) is 0.424. The van der Waals surface area contributed by atoms with Crippen molar-refractivity contribution in [2.45, 2.75) is 63.7 Å². The van der Waals surface area contributed by atoms with Gasteiger partial charge in [0.15, 0.2) is 0 Å². The summed E-state index contributed by atoms with van der Waals surface area (Å²) in [5.41, 5.74) is -0.501. The van der Waals surface area contributed by atoms with Crippen LogP contribution in [-0.2, 0) is 20.9 Å². The average Bonchev–Trinajstić information content (AvgIpc) is 2.34. The van der Waals surface area contributed by atoms with Crippen LogP contribution < -0.4 is 4.72 Å². The lowest BCUT2D eigenvalue weighted by atomic mass is 9.88. The van der Waals surface area contributed by atoms with Crippen LogP contribution in [0, 0.1) is 0 Å². The highest BCUT2D eigenvalue weighted by Gasteiger charge is 2.39. The van der Waals surface area contributed by atoms with Crippen molar-refractivity contribution in [1.29, 1.82) is 0 Å². The molecule has 0 rings (SSSR count). The zero-order chi connectivity index (χ0) is 15.1. The fraction of sp³-hybridized carbons (Fsp3) is 0.786. The highest BCUT2D eigenvalue weighted by Crippen LogP contribution is 2.27. The SMILES string of the molecule is C=CCCC(CC)(CC(=O)OC)N[S@+]([O-])C(C)(C)C. The Morgan fingerprint density at radius 2 is 2.05 bits per heavy atom. The first-order valence-corrected chi connectivity index (χ1v) is 7.73. The van der Waals surface area contributed by atoms with Crippen LogP contribution in [0.5, 0.6) is 0 Å². The van der Waals surface area contributed by atoms with Gasteiger partial charge >= 0.3 is 5.97 Å². The number of nitrogens with one attached hydrogen (secondary N) is 1. The molecule has 0 aliphatic rings. The zero-order valence-corrected chi connectivity index (χ0v) is 13.6. The highest BCUT2D eigenvalue weighted by molar-refractivity contribution is 7.90. The maximum atomic E-state index is 12.3. The van der Waals surface area contributed by atoms with E-state index in [0.29, 0.717) is 12.8 Å². The van der Waals surface area contributed by atoms with Gasteiger partial charge < -0.3 is 9.29 Å². The van der Waals surface area contributed by atoms with Crippen molar-refractivity contribution in [2.75, 3.05) is 7.11 Å². The summed E-state index contributed by atoms with van der Waals surface area (Å²) in [7, 11) is 1.37. The van der Waals surface area contributed by atoms with Gasteiger partial charge in [0.2, 0.25) is 0 Å². The summed E-state index contributed by atoms with van der Waals surface area (Å²) in [5.74, 6) is -0.288. The number of methoxy groups -OCH3 is 1. The molecule has 0 saturated carbocycles. The van der Waals surface area contributed by atoms with E-state index in [0.717, 1.165) is 6.42 Å². The third-order valence-corrected chi connectivity index (χ3v) is 4.81. The molecule has 0 aromatic heterocycles. The van der Waals surface area contributed by atoms with Gasteiger partial charge in [-0.1, -0.05) is 13.0 Å². The molecule has 0 aromatic rings. The van der Waals surface area contributed by atoms with Gasteiger partial charge in [-0.25, -0.2) is 0 Å². The smallest absolute Gasteiger partial charge is 0.307 e. The van der Waals surface area contributed by atoms with Gasteiger partial charge in [-0.15, -0.1) is 11.3 Å². The van der Waals surface area contributed by atoms with Crippen molar-refractivity contribution in [2.24, 2.45) is 0 Å². The van der Waals surface area contributed by atoms with Crippen LogP contribution in [0.15, 0.2) is 12.7 Å². The van der Waals surface area contributed by atoms with Gasteiger partial charge in [-0.3, -0.25) is 4.79 Å². The summed E-state index contributed by atoms with van der Waals surface area (Å²) in [5, 5.41) is 0. The van der Waals surface area contributed by atoms with Crippen molar-refractivity contribution in [3.8, 4) is 0 Å². The van der Waals surface area contributed by atoms with Crippen molar-refractivity contribution in [3.05, 3.63) is 12.7 Å². The second kappa shape index (κ2) is 7.92. The van der Waals surface area contributed by atoms with Crippen LogP contribution in [0.2, 0.25) is 0 Å². The molecule has 0 saturated heterocycles. The molecule has 0 aromatic carbocycles. The van der Waals surface area contributed by atoms with Crippen LogP contribution in [-0.4, -0.2) is 27.9 Å². The molecule has 19 heavy (non-hydrogen) atoms. The van der Waals surface area contributed by atoms with E-state index in [-0.39, 0.29) is 17.1 Å². The molecule has 0 bridgehead atoms. The molecule has 112 valence electrons. The second-order valence-corrected chi connectivity index (χ2v) is 7.66. The largest absolute Gasteiger partial charge is 0.598 e. The lowest BCUT2D eigenvalue weighted by molar-refractivity contribution is -0.142. The maximum Gasteiger partial charge on any atom is 0.307 e. The summed E-state index contributed by atoms with van der Waals surface area (Å²) in [6.07, 6.45) is 4.21. The molecular formula is C14H27NO3S. The lowest BCUT2D eigenvalue weighted by Crippen LogP contribution is -2.54. The first kappa shape index (κ1) is 18.5. The van der Waals surface area contributed by atoms with Crippen LogP contribution in [0.4, 0.5) is 0 Å². The molecule has 0 heterocycles. The van der Waals surface area contributed by atoms with Crippen molar-refractivity contribution >= 4 is 17.3 Å². The normalized spacial score (nSPS) is 16.5. The number of rotatable bonds is 8. The fourth-order valence-electron chi connectivity index (χ4n) is 1.63. The van der Waals surface area contributed by atoms with Crippen LogP contribution >= 0.6 is 0 Å². The Labute approximate surface area is 120 Å². The first-order valence-electron chi connectivity index (χ1n) is 6.58. The summed E-state index contributed by atoms with van der Waals surface area (Å²) >= 11 is -1.22. The van der Waals surface area contributed by atoms with Gasteiger partial charge in [0, 0.05) is 11.4 Å². The summed E-state index contributed by atoms with van der Waals surface area (Å²) in [4.78, 5) is 11.6. The summed E-state index contributed by atoms with van der Waals surface area (Å²) < 4.78 is 19.8. The Hall–Kier alpha value is -0.520. The minimum Gasteiger partial charge on any atom is -0.598 e. The predicted octanol–water partition coefficient (Wildman–Crippen LogP) is 2.72. The van der Waals surface area contributed by atoms with E-state index in [1.165, 1.54) is 7.11 Å². The highest BCUT2D eigenvalue weighted by atomic mass is 32.2. The van der Waals surface area contributed by atoms with Gasteiger partial charge in [0.05, 0.1) is 19.1 Å². The molecule has 4 nitrogen and oxygen atoms in total. The molecule has 1 N–H and O–H groups in total. The Morgan fingerprint density at radius 3 is 2.42 bits per heavy atom. The van der Waals surface area contributed by atoms with Gasteiger partial charge in [-0.2, -0.15) is 0 Å². The number of esters is 1. The molecule has 0 aliphatic carbocycles. The number of hydrogen-bond donors (Lipinski definition) is 1. The van der Waals surface area contributed by atoms with Gasteiger partial charge in [0.1, 0.15) is 4.75 Å². The van der Waals surface area contributed by atoms with Crippen LogP contribution in [0.1, 0.15) is 53.4 Å². The monoisotopic (exact) mass is 289 g/mol. The molecule has 1 unspecified atom stereocenters. The topological polar surface area (TPSA) is 61.4 Å². The number of carbonyl (C=O) groups excluding carboxylic acids is 1. The Kier molecular flexibility index (Phi) is 7.71. The predicted molar refractivity (Wildman–Crippen MR) is 80.1 cm³/mol. The minimum atomic E-state index is -1.22. The molecule has 0 spiro atoms. The Balaban J connectivity index is 5.00. The van der Waals surface area contributed by atoms with E-state index < -0.39 is 16.9 Å². The van der Waals surface area contributed by atoms with Crippen molar-refractivity contribution in [3.63, 3.8) is 0 Å². The molecule has 5 heteroatoms. The van der Waals surface area contributed by atoms with Gasteiger partial charge in [0.25, 0.3) is 0 Å². The molecule has 0 amide bonds. The second-order valence-electron chi connectivity index (χ2n) is 5.70. The minimum absolute atomic E-state index is 0.218.